The highest BCUT2D eigenvalue weighted by Crippen LogP contribution is 2.16. The van der Waals surface area contributed by atoms with E-state index in [0.717, 1.165) is 6.29 Å². The van der Waals surface area contributed by atoms with E-state index in [1.807, 2.05) is 69.2 Å². The van der Waals surface area contributed by atoms with Gasteiger partial charge in [0.2, 0.25) is 11.8 Å². The van der Waals surface area contributed by atoms with E-state index in [1.165, 1.54) is 4.90 Å². The zero-order chi connectivity index (χ0) is 28.5. The summed E-state index contributed by atoms with van der Waals surface area (Å²) in [5.74, 6) is -0.596. The molecule has 0 aromatic heterocycles. The van der Waals surface area contributed by atoms with Gasteiger partial charge in [-0.2, -0.15) is 0 Å². The van der Waals surface area contributed by atoms with Crippen molar-refractivity contribution in [3.05, 3.63) is 0 Å². The normalized spacial score (nSPS) is 11.3. The van der Waals surface area contributed by atoms with Crippen LogP contribution in [0.5, 0.6) is 0 Å². The number of hydrogen-bond donors (Lipinski definition) is 1. The third-order valence-electron chi connectivity index (χ3n) is 4.52. The molecule has 0 spiro atoms. The second-order valence-electron chi connectivity index (χ2n) is 8.58. The van der Waals surface area contributed by atoms with Gasteiger partial charge in [-0.1, -0.05) is 48.5 Å². The largest absolute Gasteiger partial charge is 0.378 e. The Labute approximate surface area is 216 Å². The lowest BCUT2D eigenvalue weighted by molar-refractivity contribution is -0.135. The molecule has 0 saturated heterocycles. The number of rotatable bonds is 16. The van der Waals surface area contributed by atoms with Crippen LogP contribution in [-0.4, -0.2) is 81.3 Å². The van der Waals surface area contributed by atoms with Crippen LogP contribution < -0.4 is 5.32 Å². The van der Waals surface area contributed by atoms with Gasteiger partial charge in [0.25, 0.3) is 0 Å². The number of nitrogens with one attached hydrogen (secondary N) is 1. The van der Waals surface area contributed by atoms with Crippen LogP contribution in [0, 0.1) is 5.92 Å². The lowest BCUT2D eigenvalue weighted by Crippen LogP contribution is -2.38. The molecule has 0 rings (SSSR count). The van der Waals surface area contributed by atoms with E-state index in [0.29, 0.717) is 39.3 Å². The molecule has 0 aromatic carbocycles. The first-order chi connectivity index (χ1) is 16.4. The number of carbonyl (C=O) groups is 3. The molecular formula is C27H58N2O6. The zero-order valence-corrected chi connectivity index (χ0v) is 25.2. The number of aldehydes is 1. The van der Waals surface area contributed by atoms with Gasteiger partial charge < -0.3 is 29.2 Å². The van der Waals surface area contributed by atoms with Crippen molar-refractivity contribution in [2.45, 2.75) is 107 Å². The lowest BCUT2D eigenvalue weighted by Gasteiger charge is -2.31. The number of nitrogens with zero attached hydrogens (tertiary/aromatic N) is 1. The summed E-state index contributed by atoms with van der Waals surface area (Å²) in [6.45, 7) is 23.8. The maximum absolute atomic E-state index is 12.0. The third-order valence-corrected chi connectivity index (χ3v) is 4.52. The fourth-order valence-electron chi connectivity index (χ4n) is 2.28. The summed E-state index contributed by atoms with van der Waals surface area (Å²) in [4.78, 5) is 35.8. The Balaban J connectivity index is -0.000000737. The smallest absolute Gasteiger partial charge is 0.225 e. The van der Waals surface area contributed by atoms with Crippen LogP contribution >= 0.6 is 0 Å². The first kappa shape index (κ1) is 40.7. The van der Waals surface area contributed by atoms with Crippen LogP contribution in [0.15, 0.2) is 0 Å². The number of ether oxygens (including phenoxy) is 3. The Kier molecular flexibility index (Phi) is 29.7. The van der Waals surface area contributed by atoms with Crippen LogP contribution in [0.1, 0.15) is 95.4 Å². The molecule has 0 radical (unpaired) electrons. The van der Waals surface area contributed by atoms with Crippen LogP contribution in [0.25, 0.3) is 0 Å². The van der Waals surface area contributed by atoms with Gasteiger partial charge in [0.05, 0.1) is 24.4 Å². The van der Waals surface area contributed by atoms with E-state index in [9.17, 15) is 14.4 Å². The molecule has 0 aliphatic carbocycles. The van der Waals surface area contributed by atoms with Crippen LogP contribution in [0.3, 0.4) is 0 Å². The number of methoxy groups -OCH3 is 1. The van der Waals surface area contributed by atoms with Gasteiger partial charge in [0.15, 0.2) is 0 Å². The van der Waals surface area contributed by atoms with Crippen molar-refractivity contribution >= 4 is 18.1 Å². The quantitative estimate of drug-likeness (QED) is 0.237. The molecule has 0 fully saturated rings. The fraction of sp³-hybridized carbons (Fsp3) is 0.889. The van der Waals surface area contributed by atoms with Gasteiger partial charge in [-0.15, -0.1) is 0 Å². The fourth-order valence-corrected chi connectivity index (χ4v) is 2.28. The first-order valence-corrected chi connectivity index (χ1v) is 13.2. The molecule has 0 aliphatic rings. The molecule has 8 nitrogen and oxygen atoms in total. The zero-order valence-electron chi connectivity index (χ0n) is 25.2. The molecule has 1 unspecified atom stereocenters. The van der Waals surface area contributed by atoms with Crippen molar-refractivity contribution in [1.29, 1.82) is 0 Å². The van der Waals surface area contributed by atoms with Gasteiger partial charge in [0, 0.05) is 52.6 Å². The van der Waals surface area contributed by atoms with Gasteiger partial charge >= 0.3 is 0 Å². The van der Waals surface area contributed by atoms with Gasteiger partial charge in [-0.25, -0.2) is 0 Å². The monoisotopic (exact) mass is 506 g/mol. The van der Waals surface area contributed by atoms with Crippen molar-refractivity contribution in [2.24, 2.45) is 5.92 Å². The standard InChI is InChI=1S/C21H40N2O6.3C2H6/c1-17(10-13-24)19(26)23(6)12-9-18(25)22-11-8-14-28-15-21(4,5)29-16-20(2,3)27-7;3*1-2/h13,17H,8-12,14-16H2,1-7H3,(H,22,25);3*1-2H3. The number of hydrogen-bond acceptors (Lipinski definition) is 6. The molecule has 0 saturated carbocycles. The van der Waals surface area contributed by atoms with Gasteiger partial charge in [-0.3, -0.25) is 9.59 Å². The Morgan fingerprint density at radius 2 is 1.51 bits per heavy atom. The SMILES string of the molecule is CC.CC.CC.COC(C)(C)COC(C)(C)COCCCNC(=O)CCN(C)C(=O)C(C)CC=O. The second kappa shape index (κ2) is 25.6. The molecule has 8 heteroatoms. The highest BCUT2D eigenvalue weighted by molar-refractivity contribution is 5.81. The van der Waals surface area contributed by atoms with Crippen LogP contribution in [0.4, 0.5) is 0 Å². The van der Waals surface area contributed by atoms with E-state index < -0.39 is 5.60 Å². The molecule has 1 N–H and O–H groups in total. The Morgan fingerprint density at radius 1 is 0.971 bits per heavy atom. The van der Waals surface area contributed by atoms with E-state index >= 15 is 0 Å². The second-order valence-corrected chi connectivity index (χ2v) is 8.58. The highest BCUT2D eigenvalue weighted by atomic mass is 16.6. The minimum Gasteiger partial charge on any atom is -0.378 e. The first-order valence-electron chi connectivity index (χ1n) is 13.2. The van der Waals surface area contributed by atoms with Crippen molar-refractivity contribution in [3.8, 4) is 0 Å². The molecule has 0 aliphatic heterocycles. The number of amides is 2. The molecule has 212 valence electrons. The summed E-state index contributed by atoms with van der Waals surface area (Å²) in [5, 5.41) is 2.82. The third kappa shape index (κ3) is 25.4. The molecule has 0 aromatic rings. The van der Waals surface area contributed by atoms with Gasteiger partial charge in [-0.05, 0) is 34.1 Å². The summed E-state index contributed by atoms with van der Waals surface area (Å²) in [7, 11) is 3.30. The van der Waals surface area contributed by atoms with E-state index in [2.05, 4.69) is 5.32 Å². The number of carbonyl (C=O) groups excluding carboxylic acids is 3. The molecule has 35 heavy (non-hydrogen) atoms. The maximum Gasteiger partial charge on any atom is 0.225 e. The average Bonchev–Trinajstić information content (AvgIpc) is 2.86. The van der Waals surface area contributed by atoms with E-state index in [-0.39, 0.29) is 36.2 Å². The minimum atomic E-state index is -0.419. The molecule has 0 heterocycles. The molecule has 2 amide bonds. The minimum absolute atomic E-state index is 0.113. The topological polar surface area (TPSA) is 94.2 Å². The maximum atomic E-state index is 12.0. The van der Waals surface area contributed by atoms with Crippen molar-refractivity contribution in [1.82, 2.24) is 10.2 Å². The molecular weight excluding hydrogens is 448 g/mol. The Hall–Kier alpha value is -1.51. The molecule has 0 bridgehead atoms. The Bertz CT molecular complexity index is 510. The molecule has 1 atom stereocenters. The summed E-state index contributed by atoms with van der Waals surface area (Å²) >= 11 is 0. The summed E-state index contributed by atoms with van der Waals surface area (Å²) in [5.41, 5.74) is -0.760. The van der Waals surface area contributed by atoms with E-state index in [4.69, 9.17) is 14.2 Å². The summed E-state index contributed by atoms with van der Waals surface area (Å²) in [6, 6.07) is 0. The Morgan fingerprint density at radius 3 is 2.00 bits per heavy atom. The van der Waals surface area contributed by atoms with Crippen molar-refractivity contribution in [3.63, 3.8) is 0 Å². The summed E-state index contributed by atoms with van der Waals surface area (Å²) in [6.07, 6.45) is 1.85. The van der Waals surface area contributed by atoms with Crippen LogP contribution in [-0.2, 0) is 28.6 Å². The van der Waals surface area contributed by atoms with Crippen LogP contribution in [0.2, 0.25) is 0 Å². The highest BCUT2D eigenvalue weighted by Gasteiger charge is 2.25. The van der Waals surface area contributed by atoms with Gasteiger partial charge in [0.1, 0.15) is 6.29 Å². The van der Waals surface area contributed by atoms with Crippen molar-refractivity contribution < 1.29 is 28.6 Å². The average molecular weight is 507 g/mol. The van der Waals surface area contributed by atoms with Crippen molar-refractivity contribution in [2.75, 3.05) is 47.1 Å². The summed E-state index contributed by atoms with van der Waals surface area (Å²) < 4.78 is 16.9. The lowest BCUT2D eigenvalue weighted by atomic mass is 10.1. The predicted molar refractivity (Wildman–Crippen MR) is 146 cm³/mol. The predicted octanol–water partition coefficient (Wildman–Crippen LogP) is 4.88. The van der Waals surface area contributed by atoms with E-state index in [1.54, 1.807) is 21.1 Å².